The van der Waals surface area contributed by atoms with Crippen LogP contribution in [0.2, 0.25) is 0 Å². The Hall–Kier alpha value is -1.79. The van der Waals surface area contributed by atoms with Crippen LogP contribution in [0, 0.1) is 24.6 Å². The summed E-state index contributed by atoms with van der Waals surface area (Å²) >= 11 is 1.78. The third-order valence-electron chi connectivity index (χ3n) is 6.95. The maximum atomic E-state index is 13.8. The molecule has 4 atom stereocenters. The molecule has 2 bridgehead atoms. The Morgan fingerprint density at radius 2 is 2.14 bits per heavy atom. The molecule has 4 heterocycles. The van der Waals surface area contributed by atoms with Crippen LogP contribution in [0.4, 0.5) is 4.39 Å². The fraction of sp³-hybridized carbons (Fsp3) is 0.565. The lowest BCUT2D eigenvalue weighted by molar-refractivity contribution is -0.152. The SMILES string of the molecule is Cc1ncc(CN2C[C@H]3C[C@@H](C2)[C@H](Cc2cccc(F)c2)N2C(=O)CCC[C@@H]32)s1. The monoisotopic (exact) mass is 413 g/mol. The number of likely N-dealkylation sites (tertiary alicyclic amines) is 1. The third-order valence-corrected chi connectivity index (χ3v) is 7.85. The zero-order chi connectivity index (χ0) is 20.0. The van der Waals surface area contributed by atoms with Crippen molar-refractivity contribution in [2.24, 2.45) is 11.8 Å². The van der Waals surface area contributed by atoms with Gasteiger partial charge in [-0.3, -0.25) is 9.69 Å². The van der Waals surface area contributed by atoms with Crippen LogP contribution in [-0.4, -0.2) is 45.9 Å². The Bertz CT molecular complexity index is 900. The van der Waals surface area contributed by atoms with Crippen molar-refractivity contribution in [1.82, 2.24) is 14.8 Å². The van der Waals surface area contributed by atoms with Gasteiger partial charge in [0.2, 0.25) is 5.91 Å². The van der Waals surface area contributed by atoms with Gasteiger partial charge in [0.1, 0.15) is 5.82 Å². The second-order valence-electron chi connectivity index (χ2n) is 8.96. The number of aromatic nitrogens is 1. The first-order valence-electron chi connectivity index (χ1n) is 10.8. The lowest BCUT2D eigenvalue weighted by atomic mass is 9.71. The van der Waals surface area contributed by atoms with Gasteiger partial charge in [0, 0.05) is 49.2 Å². The fourth-order valence-corrected chi connectivity index (χ4v) is 6.71. The number of fused-ring (bicyclic) bond motifs is 4. The van der Waals surface area contributed by atoms with Crippen LogP contribution >= 0.6 is 11.3 Å². The minimum absolute atomic E-state index is 0.178. The van der Waals surface area contributed by atoms with Gasteiger partial charge in [-0.15, -0.1) is 11.3 Å². The highest BCUT2D eigenvalue weighted by molar-refractivity contribution is 7.11. The molecule has 1 aromatic carbocycles. The molecule has 3 saturated heterocycles. The van der Waals surface area contributed by atoms with Crippen LogP contribution in [-0.2, 0) is 17.8 Å². The average molecular weight is 414 g/mol. The van der Waals surface area contributed by atoms with Crippen molar-refractivity contribution in [3.05, 3.63) is 51.7 Å². The Kier molecular flexibility index (Phi) is 5.16. The van der Waals surface area contributed by atoms with Gasteiger partial charge in [0.05, 0.1) is 5.01 Å². The highest BCUT2D eigenvalue weighted by Crippen LogP contribution is 2.43. The summed E-state index contributed by atoms with van der Waals surface area (Å²) in [4.78, 5) is 23.5. The van der Waals surface area contributed by atoms with Gasteiger partial charge in [0.15, 0.2) is 0 Å². The predicted octanol–water partition coefficient (Wildman–Crippen LogP) is 4.03. The number of amides is 1. The molecule has 3 fully saturated rings. The quantitative estimate of drug-likeness (QED) is 0.759. The van der Waals surface area contributed by atoms with E-state index in [0.717, 1.165) is 49.5 Å². The van der Waals surface area contributed by atoms with Crippen molar-refractivity contribution in [3.63, 3.8) is 0 Å². The molecule has 4 nitrogen and oxygen atoms in total. The lowest BCUT2D eigenvalue weighted by Gasteiger charge is -2.56. The van der Waals surface area contributed by atoms with Gasteiger partial charge in [0.25, 0.3) is 0 Å². The molecule has 0 N–H and O–H groups in total. The number of benzene rings is 1. The number of halogens is 1. The Labute approximate surface area is 175 Å². The predicted molar refractivity (Wildman–Crippen MR) is 112 cm³/mol. The van der Waals surface area contributed by atoms with Crippen LogP contribution in [0.5, 0.6) is 0 Å². The van der Waals surface area contributed by atoms with E-state index < -0.39 is 0 Å². The van der Waals surface area contributed by atoms with Crippen LogP contribution in [0.25, 0.3) is 0 Å². The van der Waals surface area contributed by atoms with Crippen LogP contribution < -0.4 is 0 Å². The van der Waals surface area contributed by atoms with Crippen molar-refractivity contribution in [1.29, 1.82) is 0 Å². The summed E-state index contributed by atoms with van der Waals surface area (Å²) in [5.74, 6) is 1.12. The summed E-state index contributed by atoms with van der Waals surface area (Å²) in [7, 11) is 0. The van der Waals surface area contributed by atoms with Crippen molar-refractivity contribution in [2.75, 3.05) is 13.1 Å². The number of thiazole rings is 1. The zero-order valence-corrected chi connectivity index (χ0v) is 17.7. The molecule has 154 valence electrons. The normalized spacial score (nSPS) is 29.7. The van der Waals surface area contributed by atoms with E-state index in [2.05, 4.69) is 21.7 Å². The second-order valence-corrected chi connectivity index (χ2v) is 10.3. The van der Waals surface area contributed by atoms with Crippen LogP contribution in [0.3, 0.4) is 0 Å². The van der Waals surface area contributed by atoms with E-state index in [4.69, 9.17) is 0 Å². The topological polar surface area (TPSA) is 36.4 Å². The van der Waals surface area contributed by atoms with Gasteiger partial charge in [-0.2, -0.15) is 0 Å². The van der Waals surface area contributed by atoms with Crippen LogP contribution in [0.1, 0.15) is 41.1 Å². The maximum Gasteiger partial charge on any atom is 0.223 e. The summed E-state index contributed by atoms with van der Waals surface area (Å²) in [5, 5.41) is 1.12. The lowest BCUT2D eigenvalue weighted by Crippen LogP contribution is -2.65. The molecule has 1 aromatic heterocycles. The summed E-state index contributed by atoms with van der Waals surface area (Å²) in [6, 6.07) is 7.43. The number of piperidine rings is 3. The summed E-state index contributed by atoms with van der Waals surface area (Å²) < 4.78 is 13.8. The number of rotatable bonds is 4. The molecule has 3 aliphatic heterocycles. The van der Waals surface area contributed by atoms with E-state index in [-0.39, 0.29) is 11.9 Å². The first-order valence-corrected chi connectivity index (χ1v) is 11.6. The largest absolute Gasteiger partial charge is 0.336 e. The van der Waals surface area contributed by atoms with Crippen molar-refractivity contribution >= 4 is 17.2 Å². The number of aryl methyl sites for hydroxylation is 1. The van der Waals surface area contributed by atoms with Gasteiger partial charge < -0.3 is 4.90 Å². The summed E-state index contributed by atoms with van der Waals surface area (Å²) in [6.45, 7) is 5.07. The molecule has 2 aromatic rings. The van der Waals surface area contributed by atoms with Crippen LogP contribution in [0.15, 0.2) is 30.5 Å². The molecule has 3 aliphatic rings. The van der Waals surface area contributed by atoms with E-state index in [0.29, 0.717) is 30.2 Å². The van der Waals surface area contributed by atoms with Gasteiger partial charge in [-0.05, 0) is 62.1 Å². The molecule has 0 radical (unpaired) electrons. The van der Waals surface area contributed by atoms with Crippen molar-refractivity contribution < 1.29 is 9.18 Å². The highest BCUT2D eigenvalue weighted by atomic mass is 32.1. The van der Waals surface area contributed by atoms with Gasteiger partial charge >= 0.3 is 0 Å². The van der Waals surface area contributed by atoms with E-state index in [9.17, 15) is 9.18 Å². The summed E-state index contributed by atoms with van der Waals surface area (Å²) in [5.41, 5.74) is 1.00. The van der Waals surface area contributed by atoms with Crippen molar-refractivity contribution in [2.45, 2.75) is 57.7 Å². The Balaban J connectivity index is 1.41. The summed E-state index contributed by atoms with van der Waals surface area (Å²) in [6.07, 6.45) is 6.72. The van der Waals surface area contributed by atoms with E-state index >= 15 is 0 Å². The Morgan fingerprint density at radius 3 is 2.93 bits per heavy atom. The Morgan fingerprint density at radius 1 is 1.28 bits per heavy atom. The minimum Gasteiger partial charge on any atom is -0.336 e. The second kappa shape index (κ2) is 7.80. The molecule has 0 aliphatic carbocycles. The molecule has 6 heteroatoms. The standard InChI is InChI=1S/C23H28FN3OS/c1-15-25-11-20(29-15)14-26-12-17-10-18(13-26)22(9-16-4-2-5-19(24)8-16)27-21(17)6-3-7-23(27)28/h2,4-5,8,11,17-18,21-22H,3,6-7,9-10,12-14H2,1H3/t17-,18+,21+,22+/m1/s1. The third kappa shape index (κ3) is 3.84. The molecular weight excluding hydrogens is 385 g/mol. The molecule has 5 rings (SSSR count). The fourth-order valence-electron chi connectivity index (χ4n) is 5.87. The molecular formula is C23H28FN3OS. The van der Waals surface area contributed by atoms with Crippen molar-refractivity contribution in [3.8, 4) is 0 Å². The smallest absolute Gasteiger partial charge is 0.223 e. The van der Waals surface area contributed by atoms with E-state index in [1.54, 1.807) is 23.5 Å². The molecule has 1 amide bonds. The molecule has 29 heavy (non-hydrogen) atoms. The maximum absolute atomic E-state index is 13.8. The molecule has 0 spiro atoms. The molecule has 0 saturated carbocycles. The number of carbonyl (C=O) groups is 1. The molecule has 0 unspecified atom stereocenters. The van der Waals surface area contributed by atoms with E-state index in [1.165, 1.54) is 17.4 Å². The first-order chi connectivity index (χ1) is 14.1. The number of hydrogen-bond donors (Lipinski definition) is 0. The number of hydrogen-bond acceptors (Lipinski definition) is 4. The van der Waals surface area contributed by atoms with Gasteiger partial charge in [-0.25, -0.2) is 9.37 Å². The van der Waals surface area contributed by atoms with Gasteiger partial charge in [-0.1, -0.05) is 12.1 Å². The van der Waals surface area contributed by atoms with E-state index in [1.807, 2.05) is 12.3 Å². The number of nitrogens with zero attached hydrogens (tertiary/aromatic N) is 3. The minimum atomic E-state index is -0.191. The number of carbonyl (C=O) groups excluding carboxylic acids is 1. The first kappa shape index (κ1) is 19.2. The zero-order valence-electron chi connectivity index (χ0n) is 16.9. The average Bonchev–Trinajstić information content (AvgIpc) is 3.10. The highest BCUT2D eigenvalue weighted by Gasteiger charge is 2.49.